The second kappa shape index (κ2) is 5.10. The number of hydrogen-bond acceptors (Lipinski definition) is 6. The zero-order valence-corrected chi connectivity index (χ0v) is 10.6. The van der Waals surface area contributed by atoms with Crippen LogP contribution in [0.25, 0.3) is 10.4 Å². The van der Waals surface area contributed by atoms with E-state index in [0.717, 1.165) is 12.8 Å². The first-order chi connectivity index (χ1) is 9.74. The van der Waals surface area contributed by atoms with E-state index < -0.39 is 6.17 Å². The van der Waals surface area contributed by atoms with Crippen LogP contribution in [0, 0.1) is 0 Å². The minimum Gasteiger partial charge on any atom is -0.394 e. The molecule has 1 unspecified atom stereocenters. The van der Waals surface area contributed by atoms with Gasteiger partial charge in [-0.05, 0) is 18.1 Å². The number of aliphatic imine (C=N–C) groups is 1. The van der Waals surface area contributed by atoms with Crippen molar-refractivity contribution in [3.63, 3.8) is 0 Å². The van der Waals surface area contributed by atoms with Crippen LogP contribution in [0.15, 0.2) is 16.5 Å². The fourth-order valence-electron chi connectivity index (χ4n) is 2.38. The summed E-state index contributed by atoms with van der Waals surface area (Å²) in [6.07, 6.45) is 3.50. The second-order valence-electron chi connectivity index (χ2n) is 4.58. The van der Waals surface area contributed by atoms with Crippen LogP contribution in [0.3, 0.4) is 0 Å². The maximum Gasteiger partial charge on any atom is 0.202 e. The molecule has 0 amide bonds. The summed E-state index contributed by atoms with van der Waals surface area (Å²) < 4.78 is 7.48. The molecule has 0 aromatic carbocycles. The lowest BCUT2D eigenvalue weighted by Gasteiger charge is -2.21. The van der Waals surface area contributed by atoms with Crippen molar-refractivity contribution >= 4 is 12.2 Å². The number of imidazole rings is 1. The predicted octanol–water partition coefficient (Wildman–Crippen LogP) is 0.711. The molecule has 3 atom stereocenters. The summed E-state index contributed by atoms with van der Waals surface area (Å²) in [6, 6.07) is 0. The molecular weight excluding hydrogens is 264 g/mol. The minimum atomic E-state index is -0.672. The molecule has 0 spiro atoms. The Kier molecular flexibility index (Phi) is 3.28. The molecule has 0 bridgehead atoms. The Morgan fingerprint density at radius 2 is 2.45 bits per heavy atom. The number of rotatable bonds is 3. The zero-order valence-electron chi connectivity index (χ0n) is 10.6. The largest absolute Gasteiger partial charge is 0.394 e. The highest BCUT2D eigenvalue weighted by Gasteiger charge is 2.33. The summed E-state index contributed by atoms with van der Waals surface area (Å²) >= 11 is 0. The predicted molar refractivity (Wildman–Crippen MR) is 68.5 cm³/mol. The first kappa shape index (κ1) is 12.9. The molecule has 0 radical (unpaired) electrons. The number of azide groups is 1. The van der Waals surface area contributed by atoms with Crippen molar-refractivity contribution in [2.24, 2.45) is 15.9 Å². The van der Waals surface area contributed by atoms with E-state index in [1.807, 2.05) is 0 Å². The van der Waals surface area contributed by atoms with Crippen LogP contribution in [-0.2, 0) is 4.74 Å². The van der Waals surface area contributed by atoms with Crippen molar-refractivity contribution in [3.05, 3.63) is 22.5 Å². The molecule has 1 fully saturated rings. The quantitative estimate of drug-likeness (QED) is 0.476. The van der Waals surface area contributed by atoms with Crippen molar-refractivity contribution < 1.29 is 9.84 Å². The Labute approximate surface area is 114 Å². The number of hydrogen-bond donors (Lipinski definition) is 2. The van der Waals surface area contributed by atoms with Crippen molar-refractivity contribution in [2.75, 3.05) is 6.61 Å². The van der Waals surface area contributed by atoms with E-state index in [1.54, 1.807) is 10.9 Å². The number of nitrogens with two attached hydrogens (primary N) is 1. The van der Waals surface area contributed by atoms with Crippen LogP contribution in [-0.4, -0.2) is 38.7 Å². The fourth-order valence-corrected chi connectivity index (χ4v) is 2.38. The zero-order chi connectivity index (χ0) is 14.1. The molecular formula is C10H14N8O2. The number of nitrogens with zero attached hydrogens (tertiary/aromatic N) is 7. The molecule has 20 heavy (non-hydrogen) atoms. The highest BCUT2D eigenvalue weighted by molar-refractivity contribution is 5.65. The van der Waals surface area contributed by atoms with Gasteiger partial charge in [-0.2, -0.15) is 14.9 Å². The van der Waals surface area contributed by atoms with Crippen LogP contribution >= 0.6 is 0 Å². The molecule has 3 heterocycles. The third-order valence-electron chi connectivity index (χ3n) is 3.40. The van der Waals surface area contributed by atoms with Gasteiger partial charge in [-0.1, -0.05) is 0 Å². The van der Waals surface area contributed by atoms with Gasteiger partial charge in [0, 0.05) is 0 Å². The van der Waals surface area contributed by atoms with Crippen molar-refractivity contribution in [1.29, 1.82) is 0 Å². The molecule has 0 saturated carbocycles. The molecule has 0 aliphatic carbocycles. The number of fused-ring (bicyclic) bond motifs is 1. The monoisotopic (exact) mass is 278 g/mol. The number of aliphatic hydroxyl groups is 1. The molecule has 2 aliphatic rings. The van der Waals surface area contributed by atoms with Crippen molar-refractivity contribution in [2.45, 2.75) is 31.3 Å². The molecule has 1 aromatic heterocycles. The lowest BCUT2D eigenvalue weighted by Crippen LogP contribution is -2.31. The summed E-state index contributed by atoms with van der Waals surface area (Å²) in [6.45, 7) is 0.000825. The third kappa shape index (κ3) is 2.00. The maximum absolute atomic E-state index is 9.10. The third-order valence-corrected chi connectivity index (χ3v) is 3.40. The van der Waals surface area contributed by atoms with Crippen LogP contribution in [0.5, 0.6) is 0 Å². The molecule has 3 N–H and O–H groups in total. The normalized spacial score (nSPS) is 28.3. The van der Waals surface area contributed by atoms with Crippen LogP contribution in [0.4, 0.5) is 5.82 Å². The van der Waals surface area contributed by atoms with Gasteiger partial charge in [-0.15, -0.1) is 5.53 Å². The van der Waals surface area contributed by atoms with Gasteiger partial charge >= 0.3 is 0 Å². The molecule has 10 nitrogen and oxygen atoms in total. The molecule has 1 saturated heterocycles. The molecule has 10 heteroatoms. The highest BCUT2D eigenvalue weighted by atomic mass is 16.5. The minimum absolute atomic E-state index is 0.000825. The number of aromatic nitrogens is 2. The van der Waals surface area contributed by atoms with E-state index in [2.05, 4.69) is 20.1 Å². The van der Waals surface area contributed by atoms with E-state index >= 15 is 0 Å². The Morgan fingerprint density at radius 3 is 3.15 bits per heavy atom. The van der Waals surface area contributed by atoms with Crippen LogP contribution in [0.2, 0.25) is 0 Å². The Bertz CT molecular complexity index is 578. The van der Waals surface area contributed by atoms with E-state index in [-0.39, 0.29) is 18.9 Å². The van der Waals surface area contributed by atoms with Gasteiger partial charge in [0.1, 0.15) is 11.9 Å². The van der Waals surface area contributed by atoms with Gasteiger partial charge in [0.25, 0.3) is 0 Å². The van der Waals surface area contributed by atoms with Crippen molar-refractivity contribution in [1.82, 2.24) is 14.6 Å². The van der Waals surface area contributed by atoms with Gasteiger partial charge in [0.15, 0.2) is 12.2 Å². The van der Waals surface area contributed by atoms with Gasteiger partial charge in [-0.25, -0.2) is 4.98 Å². The number of ether oxygens (including phenoxy) is 1. The summed E-state index contributed by atoms with van der Waals surface area (Å²) in [5.41, 5.74) is 14.9. The second-order valence-corrected chi connectivity index (χ2v) is 4.58. The first-order valence-electron chi connectivity index (χ1n) is 6.20. The SMILES string of the molecule is [N-]=[N+]=NN1C=Nc2c(ncn2[C@H]2CC[C@@H](CO)O2)C1N. The van der Waals surface area contributed by atoms with Gasteiger partial charge in [0.05, 0.1) is 19.0 Å². The summed E-state index contributed by atoms with van der Waals surface area (Å²) in [7, 11) is 0. The van der Waals surface area contributed by atoms with Gasteiger partial charge in [-0.3, -0.25) is 10.3 Å². The Balaban J connectivity index is 1.88. The van der Waals surface area contributed by atoms with Gasteiger partial charge < -0.3 is 9.84 Å². The van der Waals surface area contributed by atoms with E-state index in [0.29, 0.717) is 11.5 Å². The lowest BCUT2D eigenvalue weighted by molar-refractivity contribution is -0.0216. The fraction of sp³-hybridized carbons (Fsp3) is 0.600. The van der Waals surface area contributed by atoms with Gasteiger partial charge in [0.2, 0.25) is 6.17 Å². The standard InChI is InChI=1S/C10H14N8O2/c11-9-8-10(14-5-18(9)16-15-12)17(4-13-8)7-2-1-6(3-19)20-7/h4-7,9,19H,1-3,11H2/t6-,7+,9?/m0/s1. The molecule has 106 valence electrons. The van der Waals surface area contributed by atoms with E-state index in [9.17, 15) is 0 Å². The summed E-state index contributed by atoms with van der Waals surface area (Å²) in [5, 5.41) is 13.7. The van der Waals surface area contributed by atoms with E-state index in [4.69, 9.17) is 21.1 Å². The Hall–Kier alpha value is -2.13. The molecule has 3 rings (SSSR count). The summed E-state index contributed by atoms with van der Waals surface area (Å²) in [4.78, 5) is 11.1. The van der Waals surface area contributed by atoms with Crippen LogP contribution < -0.4 is 5.73 Å². The van der Waals surface area contributed by atoms with Crippen LogP contribution in [0.1, 0.15) is 30.9 Å². The Morgan fingerprint density at radius 1 is 1.60 bits per heavy atom. The smallest absolute Gasteiger partial charge is 0.202 e. The molecule has 1 aromatic rings. The van der Waals surface area contributed by atoms with E-state index in [1.165, 1.54) is 11.3 Å². The number of aliphatic hydroxyl groups excluding tert-OH is 1. The van der Waals surface area contributed by atoms with Crippen molar-refractivity contribution in [3.8, 4) is 0 Å². The molecule has 2 aliphatic heterocycles. The average molecular weight is 278 g/mol. The lowest BCUT2D eigenvalue weighted by atomic mass is 10.2. The first-order valence-corrected chi connectivity index (χ1v) is 6.20. The highest BCUT2D eigenvalue weighted by Crippen LogP contribution is 2.36. The topological polar surface area (TPSA) is 138 Å². The maximum atomic E-state index is 9.10. The average Bonchev–Trinajstić information content (AvgIpc) is 3.08. The summed E-state index contributed by atoms with van der Waals surface area (Å²) in [5.74, 6) is 0.588.